The third kappa shape index (κ3) is 5.74. The molecule has 0 saturated heterocycles. The summed E-state index contributed by atoms with van der Waals surface area (Å²) in [6, 6.07) is 0.0959. The number of aliphatic hydroxyl groups is 1. The summed E-state index contributed by atoms with van der Waals surface area (Å²) >= 11 is 0. The predicted molar refractivity (Wildman–Crippen MR) is 59.5 cm³/mol. The van der Waals surface area contributed by atoms with Crippen LogP contribution in [0.15, 0.2) is 0 Å². The maximum absolute atomic E-state index is 11.2. The first kappa shape index (κ1) is 14.4. The van der Waals surface area contributed by atoms with E-state index in [0.29, 0.717) is 5.92 Å². The lowest BCUT2D eigenvalue weighted by Gasteiger charge is -2.21. The summed E-state index contributed by atoms with van der Waals surface area (Å²) in [5.41, 5.74) is 0. The Bertz CT molecular complexity index is 185. The Kier molecular flexibility index (Phi) is 7.34. The summed E-state index contributed by atoms with van der Waals surface area (Å²) in [5.74, 6) is 0.0865. The van der Waals surface area contributed by atoms with E-state index in [1.807, 2.05) is 13.8 Å². The molecule has 0 aliphatic carbocycles. The van der Waals surface area contributed by atoms with E-state index in [-0.39, 0.29) is 24.5 Å². The zero-order chi connectivity index (χ0) is 11.8. The summed E-state index contributed by atoms with van der Waals surface area (Å²) in [7, 11) is 1.40. The number of carbonyl (C=O) groups excluding carboxylic acids is 1. The van der Waals surface area contributed by atoms with Crippen molar-refractivity contribution in [2.75, 3.05) is 20.3 Å². The van der Waals surface area contributed by atoms with Gasteiger partial charge in [-0.3, -0.25) is 4.79 Å². The van der Waals surface area contributed by atoms with Crippen molar-refractivity contribution in [1.82, 2.24) is 5.32 Å². The minimum atomic E-state index is -0.190. The molecule has 0 aromatic heterocycles. The first-order valence-corrected chi connectivity index (χ1v) is 5.45. The normalized spacial score (nSPS) is 16.9. The largest absolute Gasteiger partial charge is 0.469 e. The highest BCUT2D eigenvalue weighted by Gasteiger charge is 2.20. The summed E-state index contributed by atoms with van der Waals surface area (Å²) in [6.07, 6.45) is 0.784. The Labute approximate surface area is 92.0 Å². The second-order valence-corrected chi connectivity index (χ2v) is 4.13. The van der Waals surface area contributed by atoms with Crippen molar-refractivity contribution in [2.24, 2.45) is 11.8 Å². The molecule has 0 saturated carbocycles. The lowest BCUT2D eigenvalue weighted by Crippen LogP contribution is -2.39. The highest BCUT2D eigenvalue weighted by molar-refractivity contribution is 5.72. The van der Waals surface area contributed by atoms with Gasteiger partial charge in [0.25, 0.3) is 0 Å². The molecule has 0 amide bonds. The van der Waals surface area contributed by atoms with Crippen molar-refractivity contribution in [2.45, 2.75) is 33.2 Å². The molecule has 15 heavy (non-hydrogen) atoms. The number of ether oxygens (including phenoxy) is 1. The quantitative estimate of drug-likeness (QED) is 0.619. The molecule has 0 fully saturated rings. The molecule has 0 aliphatic heterocycles. The fraction of sp³-hybridized carbons (Fsp3) is 0.909. The smallest absolute Gasteiger partial charge is 0.309 e. The second kappa shape index (κ2) is 7.65. The number of hydrogen-bond donors (Lipinski definition) is 2. The monoisotopic (exact) mass is 217 g/mol. The van der Waals surface area contributed by atoms with E-state index in [2.05, 4.69) is 17.0 Å². The van der Waals surface area contributed by atoms with Gasteiger partial charge >= 0.3 is 5.97 Å². The highest BCUT2D eigenvalue weighted by Crippen LogP contribution is 2.06. The minimum Gasteiger partial charge on any atom is -0.469 e. The van der Waals surface area contributed by atoms with Crippen molar-refractivity contribution in [3.63, 3.8) is 0 Å². The molecule has 0 spiro atoms. The summed E-state index contributed by atoms with van der Waals surface area (Å²) in [6.45, 7) is 6.90. The standard InChI is InChI=1S/C11H23NO3/c1-8(5-6-13)7-12-10(3)9(2)11(14)15-4/h8-10,12-13H,5-7H2,1-4H3. The molecule has 90 valence electrons. The Morgan fingerprint density at radius 2 is 2.00 bits per heavy atom. The van der Waals surface area contributed by atoms with Crippen LogP contribution in [-0.2, 0) is 9.53 Å². The van der Waals surface area contributed by atoms with Crippen LogP contribution in [0.1, 0.15) is 27.2 Å². The summed E-state index contributed by atoms with van der Waals surface area (Å²) in [5, 5.41) is 12.0. The molecule has 2 N–H and O–H groups in total. The van der Waals surface area contributed by atoms with E-state index in [9.17, 15) is 4.79 Å². The van der Waals surface area contributed by atoms with Crippen LogP contribution < -0.4 is 5.32 Å². The van der Waals surface area contributed by atoms with Crippen LogP contribution in [0, 0.1) is 11.8 Å². The average Bonchev–Trinajstić information content (AvgIpc) is 2.24. The third-order valence-corrected chi connectivity index (χ3v) is 2.73. The Balaban J connectivity index is 3.82. The lowest BCUT2D eigenvalue weighted by atomic mass is 10.0. The molecule has 0 heterocycles. The summed E-state index contributed by atoms with van der Waals surface area (Å²) < 4.78 is 4.67. The summed E-state index contributed by atoms with van der Waals surface area (Å²) in [4.78, 5) is 11.2. The average molecular weight is 217 g/mol. The number of methoxy groups -OCH3 is 1. The van der Waals surface area contributed by atoms with Crippen molar-refractivity contribution in [3.05, 3.63) is 0 Å². The number of rotatable bonds is 7. The van der Waals surface area contributed by atoms with E-state index in [1.165, 1.54) is 7.11 Å². The number of nitrogens with one attached hydrogen (secondary N) is 1. The maximum atomic E-state index is 11.2. The van der Waals surface area contributed by atoms with E-state index in [0.717, 1.165) is 13.0 Å². The first-order chi connectivity index (χ1) is 7.02. The maximum Gasteiger partial charge on any atom is 0.309 e. The highest BCUT2D eigenvalue weighted by atomic mass is 16.5. The SMILES string of the molecule is COC(=O)C(C)C(C)NCC(C)CCO. The molecule has 3 atom stereocenters. The van der Waals surface area contributed by atoms with Gasteiger partial charge in [-0.1, -0.05) is 13.8 Å². The van der Waals surface area contributed by atoms with Gasteiger partial charge in [-0.05, 0) is 25.8 Å². The molecule has 0 aromatic rings. The number of carbonyl (C=O) groups is 1. The van der Waals surface area contributed by atoms with Gasteiger partial charge in [0.2, 0.25) is 0 Å². The van der Waals surface area contributed by atoms with Gasteiger partial charge in [0.1, 0.15) is 0 Å². The first-order valence-electron chi connectivity index (χ1n) is 5.45. The Morgan fingerprint density at radius 1 is 1.40 bits per heavy atom. The van der Waals surface area contributed by atoms with Gasteiger partial charge in [-0.15, -0.1) is 0 Å². The minimum absolute atomic E-state index is 0.0959. The molecule has 0 rings (SSSR count). The van der Waals surface area contributed by atoms with E-state index in [4.69, 9.17) is 5.11 Å². The van der Waals surface area contributed by atoms with Gasteiger partial charge in [0.05, 0.1) is 13.0 Å². The predicted octanol–water partition coefficient (Wildman–Crippen LogP) is 0.792. The fourth-order valence-electron chi connectivity index (χ4n) is 1.28. The Morgan fingerprint density at radius 3 is 2.47 bits per heavy atom. The van der Waals surface area contributed by atoms with Gasteiger partial charge in [-0.2, -0.15) is 0 Å². The van der Waals surface area contributed by atoms with Crippen LogP contribution in [0.2, 0.25) is 0 Å². The lowest BCUT2D eigenvalue weighted by molar-refractivity contribution is -0.145. The molecule has 4 heteroatoms. The molecule has 0 radical (unpaired) electrons. The van der Waals surface area contributed by atoms with Gasteiger partial charge in [-0.25, -0.2) is 0 Å². The van der Waals surface area contributed by atoms with Crippen molar-refractivity contribution in [3.8, 4) is 0 Å². The van der Waals surface area contributed by atoms with Crippen molar-refractivity contribution in [1.29, 1.82) is 0 Å². The van der Waals surface area contributed by atoms with Crippen molar-refractivity contribution < 1.29 is 14.6 Å². The number of esters is 1. The number of hydrogen-bond acceptors (Lipinski definition) is 4. The second-order valence-electron chi connectivity index (χ2n) is 4.13. The topological polar surface area (TPSA) is 58.6 Å². The Hall–Kier alpha value is -0.610. The number of aliphatic hydroxyl groups excluding tert-OH is 1. The van der Waals surface area contributed by atoms with E-state index in [1.54, 1.807) is 0 Å². The van der Waals surface area contributed by atoms with Gasteiger partial charge in [0, 0.05) is 12.6 Å². The van der Waals surface area contributed by atoms with E-state index < -0.39 is 0 Å². The molecule has 3 unspecified atom stereocenters. The third-order valence-electron chi connectivity index (χ3n) is 2.73. The molecular formula is C11H23NO3. The fourth-order valence-corrected chi connectivity index (χ4v) is 1.28. The van der Waals surface area contributed by atoms with Crippen LogP contribution in [0.3, 0.4) is 0 Å². The molecule has 0 aliphatic rings. The van der Waals surface area contributed by atoms with Crippen LogP contribution >= 0.6 is 0 Å². The van der Waals surface area contributed by atoms with Crippen LogP contribution in [0.25, 0.3) is 0 Å². The molecule has 0 aromatic carbocycles. The molecular weight excluding hydrogens is 194 g/mol. The van der Waals surface area contributed by atoms with E-state index >= 15 is 0 Å². The molecule has 0 bridgehead atoms. The van der Waals surface area contributed by atoms with Gasteiger partial charge in [0.15, 0.2) is 0 Å². The van der Waals surface area contributed by atoms with Crippen LogP contribution in [-0.4, -0.2) is 37.4 Å². The zero-order valence-electron chi connectivity index (χ0n) is 10.1. The van der Waals surface area contributed by atoms with Crippen LogP contribution in [0.4, 0.5) is 0 Å². The zero-order valence-corrected chi connectivity index (χ0v) is 10.1. The van der Waals surface area contributed by atoms with Gasteiger partial charge < -0.3 is 15.2 Å². The van der Waals surface area contributed by atoms with Crippen LogP contribution in [0.5, 0.6) is 0 Å². The molecule has 4 nitrogen and oxygen atoms in total. The van der Waals surface area contributed by atoms with Crippen molar-refractivity contribution >= 4 is 5.97 Å².